The van der Waals surface area contributed by atoms with Crippen LogP contribution in [0.1, 0.15) is 49.9 Å². The molecule has 20 aromatic rings. The van der Waals surface area contributed by atoms with Crippen LogP contribution in [0.2, 0.25) is 0 Å². The Morgan fingerprint density at radius 3 is 1.05 bits per heavy atom. The van der Waals surface area contributed by atoms with Crippen molar-refractivity contribution in [3.63, 3.8) is 0 Å². The molecule has 110 heavy (non-hydrogen) atoms. The molecule has 18 aromatic carbocycles. The predicted octanol–water partition coefficient (Wildman–Crippen LogP) is 30.5. The summed E-state index contributed by atoms with van der Waals surface area (Å²) in [5.74, 6) is 0. The minimum absolute atomic E-state index is 0.0936. The molecule has 0 fully saturated rings. The standard InChI is InChI=1S/C53H37NO.C53H37NS/c2*1-53(2)49-17-9-7-15-44(49)45-30-28-40(33-50(45)53)54(38-24-19-34(20-25-38)36-23-29-47-46-16-8-10-18-51(46)55-52(47)32-36)39-26-21-35(22-27-39)48-31-37-11-3-4-12-41(37)42-13-5-6-14-43(42)48/h2*3-33H,1-2H3. The fourth-order valence-electron chi connectivity index (χ4n) is 18.1. The Morgan fingerprint density at radius 2 is 0.555 bits per heavy atom. The highest BCUT2D eigenvalue weighted by Gasteiger charge is 2.37. The largest absolute Gasteiger partial charge is 0.456 e. The Balaban J connectivity index is 0.000000140. The summed E-state index contributed by atoms with van der Waals surface area (Å²) in [7, 11) is 0. The smallest absolute Gasteiger partial charge is 0.136 e. The maximum atomic E-state index is 6.25. The molecule has 520 valence electrons. The van der Waals surface area contributed by atoms with E-state index in [-0.39, 0.29) is 10.8 Å². The number of benzene rings is 18. The molecule has 0 N–H and O–H groups in total. The van der Waals surface area contributed by atoms with E-state index in [0.29, 0.717) is 0 Å². The van der Waals surface area contributed by atoms with Crippen LogP contribution in [0.4, 0.5) is 34.1 Å². The number of hydrogen-bond donors (Lipinski definition) is 0. The number of para-hydroxylation sites is 1. The topological polar surface area (TPSA) is 19.6 Å². The number of anilines is 6. The number of nitrogens with zero attached hydrogens (tertiary/aromatic N) is 2. The lowest BCUT2D eigenvalue weighted by Crippen LogP contribution is -2.16. The number of furan rings is 1. The average molecular weight is 1420 g/mol. The molecule has 2 aliphatic rings. The molecule has 4 heteroatoms. The molecule has 0 radical (unpaired) electrons. The van der Waals surface area contributed by atoms with Gasteiger partial charge >= 0.3 is 0 Å². The molecule has 0 amide bonds. The van der Waals surface area contributed by atoms with E-state index in [0.717, 1.165) is 67.2 Å². The van der Waals surface area contributed by atoms with E-state index < -0.39 is 0 Å². The maximum absolute atomic E-state index is 6.25. The Morgan fingerprint density at radius 1 is 0.209 bits per heavy atom. The molecule has 0 bridgehead atoms. The van der Waals surface area contributed by atoms with Crippen LogP contribution in [-0.4, -0.2) is 0 Å². The molecule has 2 aliphatic carbocycles. The first-order valence-electron chi connectivity index (χ1n) is 38.2. The van der Waals surface area contributed by atoms with E-state index in [1.54, 1.807) is 0 Å². The van der Waals surface area contributed by atoms with Crippen LogP contribution in [0.25, 0.3) is 152 Å². The summed E-state index contributed by atoms with van der Waals surface area (Å²) >= 11 is 1.87. The zero-order valence-electron chi connectivity index (χ0n) is 61.5. The Hall–Kier alpha value is -13.4. The fourth-order valence-corrected chi connectivity index (χ4v) is 19.3. The number of thiophene rings is 1. The van der Waals surface area contributed by atoms with Crippen LogP contribution in [0, 0.1) is 0 Å². The second kappa shape index (κ2) is 25.7. The summed E-state index contributed by atoms with van der Waals surface area (Å²) < 4.78 is 8.91. The molecule has 0 unspecified atom stereocenters. The van der Waals surface area contributed by atoms with Crippen molar-refractivity contribution in [1.82, 2.24) is 0 Å². The highest BCUT2D eigenvalue weighted by molar-refractivity contribution is 7.25. The van der Waals surface area contributed by atoms with Crippen molar-refractivity contribution in [3.8, 4) is 66.8 Å². The summed E-state index contributed by atoms with van der Waals surface area (Å²) in [6, 6.07) is 138. The molecule has 2 aromatic heterocycles. The number of hydrogen-bond acceptors (Lipinski definition) is 4. The third kappa shape index (κ3) is 10.7. The van der Waals surface area contributed by atoms with Crippen molar-refractivity contribution >= 4 is 131 Å². The van der Waals surface area contributed by atoms with E-state index in [2.05, 4.69) is 401 Å². The van der Waals surface area contributed by atoms with Crippen LogP contribution >= 0.6 is 11.3 Å². The number of rotatable bonds is 10. The summed E-state index contributed by atoms with van der Waals surface area (Å²) in [6.07, 6.45) is 0. The third-order valence-electron chi connectivity index (χ3n) is 23.7. The highest BCUT2D eigenvalue weighted by atomic mass is 32.1. The van der Waals surface area contributed by atoms with Crippen LogP contribution in [0.3, 0.4) is 0 Å². The zero-order valence-corrected chi connectivity index (χ0v) is 62.3. The SMILES string of the molecule is CC1(C)c2ccccc2-c2ccc(N(c3ccc(-c4ccc5c(c4)oc4ccccc45)cc3)c3ccc(-c4cc5ccccc5c5ccccc45)cc3)cc21.CC1(C)c2ccccc2-c2ccc(N(c3ccc(-c4ccc5c(c4)sc4ccccc45)cc3)c3ccc(-c4cc5ccccc5c5ccccc45)cc3)cc21. The van der Waals surface area contributed by atoms with Crippen molar-refractivity contribution in [2.75, 3.05) is 9.80 Å². The summed E-state index contributed by atoms with van der Waals surface area (Å²) in [6.45, 7) is 9.41. The molecule has 22 rings (SSSR count). The van der Waals surface area contributed by atoms with Gasteiger partial charge in [-0.15, -0.1) is 11.3 Å². The monoisotopic (exact) mass is 1420 g/mol. The summed E-state index contributed by atoms with van der Waals surface area (Å²) in [5, 5.41) is 15.1. The van der Waals surface area contributed by atoms with Crippen molar-refractivity contribution in [1.29, 1.82) is 0 Å². The average Bonchev–Trinajstić information content (AvgIpc) is 1.55. The second-order valence-corrected chi connectivity index (χ2v) is 31.7. The van der Waals surface area contributed by atoms with Gasteiger partial charge in [0, 0.05) is 75.9 Å². The molecule has 0 spiro atoms. The summed E-state index contributed by atoms with van der Waals surface area (Å²) in [5.41, 5.74) is 28.8. The highest BCUT2D eigenvalue weighted by Crippen LogP contribution is 2.54. The fraction of sp³-hybridized carbons (Fsp3) is 0.0566. The van der Waals surface area contributed by atoms with E-state index >= 15 is 0 Å². The van der Waals surface area contributed by atoms with E-state index in [1.165, 1.54) is 141 Å². The quantitative estimate of drug-likeness (QED) is 0.127. The predicted molar refractivity (Wildman–Crippen MR) is 469 cm³/mol. The Labute approximate surface area is 644 Å². The Bertz CT molecular complexity index is 6650. The lowest BCUT2D eigenvalue weighted by Gasteiger charge is -2.28. The van der Waals surface area contributed by atoms with Crippen LogP contribution in [-0.2, 0) is 10.8 Å². The molecule has 0 aliphatic heterocycles. The second-order valence-electron chi connectivity index (χ2n) is 30.7. The first-order chi connectivity index (χ1) is 54.0. The van der Waals surface area contributed by atoms with Crippen LogP contribution in [0.15, 0.2) is 381 Å². The van der Waals surface area contributed by atoms with Gasteiger partial charge in [0.05, 0.1) is 0 Å². The first kappa shape index (κ1) is 65.0. The van der Waals surface area contributed by atoms with Crippen molar-refractivity contribution in [2.45, 2.75) is 38.5 Å². The van der Waals surface area contributed by atoms with Gasteiger partial charge in [0.15, 0.2) is 0 Å². The minimum atomic E-state index is -0.103. The van der Waals surface area contributed by atoms with Crippen molar-refractivity contribution in [2.24, 2.45) is 0 Å². The third-order valence-corrected chi connectivity index (χ3v) is 24.9. The van der Waals surface area contributed by atoms with E-state index in [4.69, 9.17) is 4.42 Å². The van der Waals surface area contributed by atoms with Gasteiger partial charge in [0.1, 0.15) is 11.2 Å². The Kier molecular flexibility index (Phi) is 15.2. The van der Waals surface area contributed by atoms with Crippen molar-refractivity contribution < 1.29 is 4.42 Å². The van der Waals surface area contributed by atoms with E-state index in [1.807, 2.05) is 23.5 Å². The van der Waals surface area contributed by atoms with E-state index in [9.17, 15) is 0 Å². The van der Waals surface area contributed by atoms with Gasteiger partial charge in [-0.1, -0.05) is 289 Å². The molecule has 2 heterocycles. The molecule has 3 nitrogen and oxygen atoms in total. The first-order valence-corrected chi connectivity index (χ1v) is 39.0. The molecular weight excluding hydrogens is 1350 g/mol. The molecular formula is C106H74N2OS. The van der Waals surface area contributed by atoms with Gasteiger partial charge in [-0.2, -0.15) is 0 Å². The van der Waals surface area contributed by atoms with Gasteiger partial charge in [-0.25, -0.2) is 0 Å². The lowest BCUT2D eigenvalue weighted by atomic mass is 9.82. The molecule has 0 atom stereocenters. The van der Waals surface area contributed by atoms with Crippen LogP contribution in [0.5, 0.6) is 0 Å². The summed E-state index contributed by atoms with van der Waals surface area (Å²) in [4.78, 5) is 4.81. The number of fused-ring (bicyclic) bond motifs is 18. The van der Waals surface area contributed by atoms with Crippen molar-refractivity contribution in [3.05, 3.63) is 398 Å². The van der Waals surface area contributed by atoms with Gasteiger partial charge in [0.2, 0.25) is 0 Å². The normalized spacial score (nSPS) is 13.1. The minimum Gasteiger partial charge on any atom is -0.456 e. The zero-order chi connectivity index (χ0) is 73.3. The van der Waals surface area contributed by atoms with Gasteiger partial charge in [-0.3, -0.25) is 0 Å². The van der Waals surface area contributed by atoms with Crippen LogP contribution < -0.4 is 9.80 Å². The molecule has 0 saturated carbocycles. The molecule has 0 saturated heterocycles. The van der Waals surface area contributed by atoms with Gasteiger partial charge in [0.25, 0.3) is 0 Å². The van der Waals surface area contributed by atoms with Gasteiger partial charge in [-0.05, 0) is 247 Å². The lowest BCUT2D eigenvalue weighted by molar-refractivity contribution is 0.660. The van der Waals surface area contributed by atoms with Gasteiger partial charge < -0.3 is 14.2 Å². The maximum Gasteiger partial charge on any atom is 0.136 e.